The molecule has 0 atom stereocenters. The van der Waals surface area contributed by atoms with Crippen LogP contribution in [0.4, 0.5) is 0 Å². The molecule has 0 spiro atoms. The lowest BCUT2D eigenvalue weighted by atomic mass is 10.3. The van der Waals surface area contributed by atoms with E-state index in [1.54, 1.807) is 0 Å². The Labute approximate surface area is 81.6 Å². The van der Waals surface area contributed by atoms with E-state index in [1.165, 1.54) is 0 Å². The smallest absolute Gasteiger partial charge is 0.0178 e. The van der Waals surface area contributed by atoms with Crippen molar-refractivity contribution in [3.05, 3.63) is 35.4 Å². The van der Waals surface area contributed by atoms with Gasteiger partial charge in [0.2, 0.25) is 0 Å². The Hall–Kier alpha value is -0.490. The Morgan fingerprint density at radius 1 is 1.42 bits per heavy atom. The first-order valence-electron chi connectivity index (χ1n) is 4.35. The summed E-state index contributed by atoms with van der Waals surface area (Å²) < 4.78 is 0. The van der Waals surface area contributed by atoms with Crippen molar-refractivity contribution in [2.24, 2.45) is 0 Å². The Kier molecular flexibility index (Phi) is 12.3. The summed E-state index contributed by atoms with van der Waals surface area (Å²) in [6.07, 6.45) is 6.62. The average Bonchev–Trinajstić information content (AvgIpc) is 2.07. The maximum absolute atomic E-state index is 5.73. The molecule has 0 aromatic rings. The summed E-state index contributed by atoms with van der Waals surface area (Å²) in [5.41, 5.74) is 1.04. The second-order valence-electron chi connectivity index (χ2n) is 2.17. The van der Waals surface area contributed by atoms with E-state index in [0.29, 0.717) is 0 Å². The van der Waals surface area contributed by atoms with Crippen LogP contribution in [0.15, 0.2) is 35.4 Å². The number of halogens is 1. The van der Waals surface area contributed by atoms with Gasteiger partial charge in [-0.3, -0.25) is 0 Å². The Bertz CT molecular complexity index is 164. The third-order valence-electron chi connectivity index (χ3n) is 0.996. The fraction of sp³-hybridized carbons (Fsp3) is 0.455. The minimum Gasteiger partial charge on any atom is -0.0961 e. The van der Waals surface area contributed by atoms with Crippen molar-refractivity contribution in [3.8, 4) is 0 Å². The molecule has 0 aromatic carbocycles. The van der Waals surface area contributed by atoms with Gasteiger partial charge in [0.1, 0.15) is 0 Å². The molecule has 0 heterocycles. The number of allylic oxidation sites excluding steroid dienone is 5. The molecule has 70 valence electrons. The summed E-state index contributed by atoms with van der Waals surface area (Å²) in [5, 5.41) is 0.873. The molecule has 0 saturated heterocycles. The van der Waals surface area contributed by atoms with Crippen LogP contribution in [0.5, 0.6) is 0 Å². The molecule has 0 bridgehead atoms. The van der Waals surface area contributed by atoms with Crippen LogP contribution in [0, 0.1) is 0 Å². The quantitative estimate of drug-likeness (QED) is 0.562. The highest BCUT2D eigenvalue weighted by Crippen LogP contribution is 2.05. The average molecular weight is 187 g/mol. The first-order valence-corrected chi connectivity index (χ1v) is 4.73. The maximum atomic E-state index is 5.73. The second-order valence-corrected chi connectivity index (χ2v) is 2.66. The van der Waals surface area contributed by atoms with Crippen LogP contribution < -0.4 is 0 Å². The van der Waals surface area contributed by atoms with Gasteiger partial charge in [0.05, 0.1) is 0 Å². The number of hydrogen-bond donors (Lipinski definition) is 0. The molecule has 12 heavy (non-hydrogen) atoms. The molecule has 0 aliphatic heterocycles. The minimum absolute atomic E-state index is 0.873. The highest BCUT2D eigenvalue weighted by Gasteiger charge is 1.80. The molecule has 0 N–H and O–H groups in total. The zero-order chi connectivity index (χ0) is 9.98. The summed E-state index contributed by atoms with van der Waals surface area (Å²) in [6.45, 7) is 11.7. The van der Waals surface area contributed by atoms with Crippen molar-refractivity contribution in [2.45, 2.75) is 34.1 Å². The van der Waals surface area contributed by atoms with Gasteiger partial charge in [0.15, 0.2) is 0 Å². The summed E-state index contributed by atoms with van der Waals surface area (Å²) in [7, 11) is 0. The predicted molar refractivity (Wildman–Crippen MR) is 59.5 cm³/mol. The van der Waals surface area contributed by atoms with Crippen molar-refractivity contribution in [1.29, 1.82) is 0 Å². The standard InChI is InChI=1S/C9H13Cl.C2H6/c1-4-9(10)7-5-6-8(2)3;1-2/h5-7H,2,4H2,1,3H3;1-2H3/b6-5-,9-7+;. The maximum Gasteiger partial charge on any atom is 0.0178 e. The normalized spacial score (nSPS) is 10.9. The van der Waals surface area contributed by atoms with E-state index in [9.17, 15) is 0 Å². The minimum atomic E-state index is 0.873. The molecule has 0 aliphatic carbocycles. The topological polar surface area (TPSA) is 0 Å². The largest absolute Gasteiger partial charge is 0.0961 e. The molecule has 0 radical (unpaired) electrons. The first kappa shape index (κ1) is 14.1. The monoisotopic (exact) mass is 186 g/mol. The molecule has 0 amide bonds. The van der Waals surface area contributed by atoms with Crippen molar-refractivity contribution < 1.29 is 0 Å². The van der Waals surface area contributed by atoms with Gasteiger partial charge < -0.3 is 0 Å². The van der Waals surface area contributed by atoms with E-state index in [2.05, 4.69) is 6.58 Å². The highest BCUT2D eigenvalue weighted by atomic mass is 35.5. The fourth-order valence-electron chi connectivity index (χ4n) is 0.435. The number of rotatable bonds is 3. The van der Waals surface area contributed by atoms with Crippen molar-refractivity contribution in [1.82, 2.24) is 0 Å². The zero-order valence-corrected chi connectivity index (χ0v) is 9.28. The van der Waals surface area contributed by atoms with E-state index in [4.69, 9.17) is 11.6 Å². The molecular weight excluding hydrogens is 168 g/mol. The van der Waals surface area contributed by atoms with E-state index < -0.39 is 0 Å². The SMILES string of the molecule is C=C(C)/C=C\C=C(\Cl)CC.CC. The first-order chi connectivity index (χ1) is 5.66. The van der Waals surface area contributed by atoms with Gasteiger partial charge in [-0.05, 0) is 19.4 Å². The van der Waals surface area contributed by atoms with Gasteiger partial charge in [-0.15, -0.1) is 0 Å². The molecule has 0 aliphatic rings. The van der Waals surface area contributed by atoms with Crippen LogP contribution in [0.1, 0.15) is 34.1 Å². The lowest BCUT2D eigenvalue weighted by Crippen LogP contribution is -1.64. The Balaban J connectivity index is 0. The van der Waals surface area contributed by atoms with Crippen molar-refractivity contribution in [2.75, 3.05) is 0 Å². The van der Waals surface area contributed by atoms with Crippen molar-refractivity contribution >= 4 is 11.6 Å². The summed E-state index contributed by atoms with van der Waals surface area (Å²) in [4.78, 5) is 0. The molecular formula is C11H19Cl. The Morgan fingerprint density at radius 3 is 2.25 bits per heavy atom. The predicted octanol–water partition coefficient (Wildman–Crippen LogP) is 4.68. The molecule has 1 heteroatoms. The van der Waals surface area contributed by atoms with Crippen molar-refractivity contribution in [3.63, 3.8) is 0 Å². The van der Waals surface area contributed by atoms with E-state index in [-0.39, 0.29) is 0 Å². The molecule has 0 fully saturated rings. The van der Waals surface area contributed by atoms with Gasteiger partial charge in [0.25, 0.3) is 0 Å². The lowest BCUT2D eigenvalue weighted by Gasteiger charge is -1.86. The fourth-order valence-corrected chi connectivity index (χ4v) is 0.507. The third-order valence-corrected chi connectivity index (χ3v) is 1.39. The van der Waals surface area contributed by atoms with E-state index in [0.717, 1.165) is 17.0 Å². The molecule has 0 saturated carbocycles. The molecule has 0 aromatic heterocycles. The van der Waals surface area contributed by atoms with E-state index in [1.807, 2.05) is 45.9 Å². The highest BCUT2D eigenvalue weighted by molar-refractivity contribution is 6.29. The van der Waals surface area contributed by atoms with E-state index >= 15 is 0 Å². The number of hydrogen-bond acceptors (Lipinski definition) is 0. The van der Waals surface area contributed by atoms with Gasteiger partial charge >= 0.3 is 0 Å². The third kappa shape index (κ3) is 12.2. The van der Waals surface area contributed by atoms with Gasteiger partial charge in [0, 0.05) is 5.03 Å². The molecule has 0 unspecified atom stereocenters. The summed E-state index contributed by atoms with van der Waals surface area (Å²) >= 11 is 5.73. The summed E-state index contributed by atoms with van der Waals surface area (Å²) in [6, 6.07) is 0. The lowest BCUT2D eigenvalue weighted by molar-refractivity contribution is 1.19. The van der Waals surface area contributed by atoms with Crippen LogP contribution in [0.2, 0.25) is 0 Å². The zero-order valence-electron chi connectivity index (χ0n) is 8.52. The van der Waals surface area contributed by atoms with Crippen LogP contribution in [0.3, 0.4) is 0 Å². The van der Waals surface area contributed by atoms with Crippen LogP contribution >= 0.6 is 11.6 Å². The Morgan fingerprint density at radius 2 is 1.92 bits per heavy atom. The van der Waals surface area contributed by atoms with Gasteiger partial charge in [-0.25, -0.2) is 0 Å². The van der Waals surface area contributed by atoms with Crippen LogP contribution in [0.25, 0.3) is 0 Å². The second kappa shape index (κ2) is 10.5. The van der Waals surface area contributed by atoms with Crippen LogP contribution in [-0.2, 0) is 0 Å². The van der Waals surface area contributed by atoms with Gasteiger partial charge in [-0.1, -0.05) is 56.7 Å². The van der Waals surface area contributed by atoms with Crippen LogP contribution in [-0.4, -0.2) is 0 Å². The summed E-state index contributed by atoms with van der Waals surface area (Å²) in [5.74, 6) is 0. The van der Waals surface area contributed by atoms with Gasteiger partial charge in [-0.2, -0.15) is 0 Å². The molecule has 0 nitrogen and oxygen atoms in total. The molecule has 0 rings (SSSR count).